The number of rotatable bonds is 1. The summed E-state index contributed by atoms with van der Waals surface area (Å²) in [5.74, 6) is 0. The van der Waals surface area contributed by atoms with E-state index < -0.39 is 0 Å². The first kappa shape index (κ1) is 8.91. The number of aromatic nitrogens is 4. The summed E-state index contributed by atoms with van der Waals surface area (Å²) in [6.07, 6.45) is 6.18. The third-order valence-corrected chi connectivity index (χ3v) is 2.36. The summed E-state index contributed by atoms with van der Waals surface area (Å²) >= 11 is 0. The van der Waals surface area contributed by atoms with E-state index in [1.807, 2.05) is 30.3 Å². The molecule has 3 rings (SSSR count). The quantitative estimate of drug-likeness (QED) is 0.611. The van der Waals surface area contributed by atoms with Crippen LogP contribution in [0.2, 0.25) is 0 Å². The molecule has 0 saturated carbocycles. The van der Waals surface area contributed by atoms with Crippen LogP contribution in [-0.2, 0) is 0 Å². The molecule has 3 aromatic rings. The summed E-state index contributed by atoms with van der Waals surface area (Å²) in [6, 6.07) is 9.78. The molecule has 0 saturated heterocycles. The molecule has 75 valence electrons. The number of benzene rings is 1. The van der Waals surface area contributed by atoms with Gasteiger partial charge in [0, 0.05) is 16.3 Å². The first-order valence-corrected chi connectivity index (χ1v) is 4.85. The molecule has 0 bridgehead atoms. The molecule has 4 nitrogen and oxygen atoms in total. The zero-order chi connectivity index (χ0) is 10.8. The highest BCUT2D eigenvalue weighted by Crippen LogP contribution is 2.23. The van der Waals surface area contributed by atoms with Crippen molar-refractivity contribution >= 4 is 10.8 Å². The summed E-state index contributed by atoms with van der Waals surface area (Å²) in [4.78, 5) is 0. The molecule has 4 heteroatoms. The SMILES string of the molecule is [c]1nnccc1-c1nncc2ccccc12. The van der Waals surface area contributed by atoms with Gasteiger partial charge in [-0.25, -0.2) is 0 Å². The van der Waals surface area contributed by atoms with Crippen molar-refractivity contribution in [2.45, 2.75) is 0 Å². The zero-order valence-corrected chi connectivity index (χ0v) is 8.33. The fourth-order valence-electron chi connectivity index (χ4n) is 1.62. The predicted molar refractivity (Wildman–Crippen MR) is 59.4 cm³/mol. The smallest absolute Gasteiger partial charge is 0.123 e. The van der Waals surface area contributed by atoms with Crippen molar-refractivity contribution in [3.63, 3.8) is 0 Å². The fourth-order valence-corrected chi connectivity index (χ4v) is 1.62. The first-order valence-electron chi connectivity index (χ1n) is 4.85. The van der Waals surface area contributed by atoms with Crippen molar-refractivity contribution in [1.29, 1.82) is 0 Å². The lowest BCUT2D eigenvalue weighted by Gasteiger charge is -2.02. The maximum absolute atomic E-state index is 4.13. The molecule has 0 spiro atoms. The third kappa shape index (κ3) is 1.40. The van der Waals surface area contributed by atoms with Crippen molar-refractivity contribution in [2.75, 3.05) is 0 Å². The van der Waals surface area contributed by atoms with Gasteiger partial charge in [-0.15, -0.1) is 10.2 Å². The fraction of sp³-hybridized carbons (Fsp3) is 0. The average molecular weight is 207 g/mol. The summed E-state index contributed by atoms with van der Waals surface area (Å²) in [5.41, 5.74) is 1.59. The minimum absolute atomic E-state index is 0.785. The molecule has 0 amide bonds. The number of hydrogen-bond acceptors (Lipinski definition) is 4. The molecule has 0 aliphatic rings. The molecule has 2 aromatic heterocycles. The molecule has 0 aliphatic heterocycles. The molecule has 0 fully saturated rings. The van der Waals surface area contributed by atoms with E-state index in [1.165, 1.54) is 0 Å². The summed E-state index contributed by atoms with van der Waals surface area (Å²) < 4.78 is 0. The highest BCUT2D eigenvalue weighted by atomic mass is 15.1. The second-order valence-electron chi connectivity index (χ2n) is 3.34. The van der Waals surface area contributed by atoms with E-state index in [4.69, 9.17) is 0 Å². The van der Waals surface area contributed by atoms with Gasteiger partial charge in [0.2, 0.25) is 0 Å². The van der Waals surface area contributed by atoms with E-state index >= 15 is 0 Å². The highest BCUT2D eigenvalue weighted by molar-refractivity contribution is 5.93. The Hall–Kier alpha value is -2.36. The van der Waals surface area contributed by atoms with Gasteiger partial charge < -0.3 is 0 Å². The number of nitrogens with zero attached hydrogens (tertiary/aromatic N) is 4. The van der Waals surface area contributed by atoms with E-state index in [0.717, 1.165) is 22.0 Å². The lowest BCUT2D eigenvalue weighted by atomic mass is 10.1. The van der Waals surface area contributed by atoms with Crippen LogP contribution in [0.3, 0.4) is 0 Å². The van der Waals surface area contributed by atoms with Crippen LogP contribution in [-0.4, -0.2) is 20.4 Å². The lowest BCUT2D eigenvalue weighted by Crippen LogP contribution is -1.91. The van der Waals surface area contributed by atoms with Gasteiger partial charge in [0.15, 0.2) is 0 Å². The van der Waals surface area contributed by atoms with Crippen LogP contribution in [0.4, 0.5) is 0 Å². The van der Waals surface area contributed by atoms with Crippen molar-refractivity contribution in [3.8, 4) is 11.3 Å². The number of fused-ring (bicyclic) bond motifs is 1. The molecule has 2 heterocycles. The van der Waals surface area contributed by atoms with Gasteiger partial charge in [0.05, 0.1) is 12.4 Å². The van der Waals surface area contributed by atoms with E-state index in [1.54, 1.807) is 12.4 Å². The highest BCUT2D eigenvalue weighted by Gasteiger charge is 2.05. The van der Waals surface area contributed by atoms with Crippen molar-refractivity contribution in [3.05, 3.63) is 48.9 Å². The Morgan fingerprint density at radius 3 is 2.81 bits per heavy atom. The van der Waals surface area contributed by atoms with Gasteiger partial charge in [0.1, 0.15) is 11.9 Å². The maximum Gasteiger partial charge on any atom is 0.123 e. The largest absolute Gasteiger partial charge is 0.158 e. The van der Waals surface area contributed by atoms with Crippen LogP contribution in [0.1, 0.15) is 0 Å². The average Bonchev–Trinajstić information content (AvgIpc) is 2.39. The Morgan fingerprint density at radius 1 is 1.00 bits per heavy atom. The van der Waals surface area contributed by atoms with Crippen molar-refractivity contribution < 1.29 is 0 Å². The van der Waals surface area contributed by atoms with Gasteiger partial charge >= 0.3 is 0 Å². The Balaban J connectivity index is 2.32. The van der Waals surface area contributed by atoms with Crippen LogP contribution in [0.25, 0.3) is 22.0 Å². The first-order chi connectivity index (χ1) is 7.95. The van der Waals surface area contributed by atoms with Crippen LogP contribution in [0, 0.1) is 6.20 Å². The topological polar surface area (TPSA) is 51.6 Å². The minimum atomic E-state index is 0.785. The van der Waals surface area contributed by atoms with E-state index in [2.05, 4.69) is 26.6 Å². The predicted octanol–water partition coefficient (Wildman–Crippen LogP) is 1.89. The minimum Gasteiger partial charge on any atom is -0.158 e. The standard InChI is InChI=1S/C12H7N4/c1-2-4-11-9(3-1)7-15-16-12(11)10-5-6-13-14-8-10/h1-7H. The lowest BCUT2D eigenvalue weighted by molar-refractivity contribution is 1.01. The second kappa shape index (κ2) is 3.66. The molecule has 0 atom stereocenters. The Morgan fingerprint density at radius 2 is 1.94 bits per heavy atom. The van der Waals surface area contributed by atoms with Gasteiger partial charge in [-0.05, 0) is 6.07 Å². The summed E-state index contributed by atoms with van der Waals surface area (Å²) in [5, 5.41) is 17.6. The molecular formula is C12H7N4. The Bertz CT molecular complexity index is 617. The van der Waals surface area contributed by atoms with E-state index in [-0.39, 0.29) is 0 Å². The van der Waals surface area contributed by atoms with Crippen LogP contribution in [0.15, 0.2) is 42.7 Å². The summed E-state index contributed by atoms with van der Waals surface area (Å²) in [7, 11) is 0. The Kier molecular flexibility index (Phi) is 2.04. The van der Waals surface area contributed by atoms with Crippen LogP contribution >= 0.6 is 0 Å². The van der Waals surface area contributed by atoms with Gasteiger partial charge in [0.25, 0.3) is 0 Å². The van der Waals surface area contributed by atoms with Crippen LogP contribution in [0.5, 0.6) is 0 Å². The monoisotopic (exact) mass is 207 g/mol. The van der Waals surface area contributed by atoms with E-state index in [0.29, 0.717) is 0 Å². The number of hydrogen-bond donors (Lipinski definition) is 0. The van der Waals surface area contributed by atoms with Crippen molar-refractivity contribution in [2.24, 2.45) is 0 Å². The third-order valence-electron chi connectivity index (χ3n) is 2.36. The molecule has 1 aromatic carbocycles. The second-order valence-corrected chi connectivity index (χ2v) is 3.34. The maximum atomic E-state index is 4.13. The van der Waals surface area contributed by atoms with Crippen LogP contribution < -0.4 is 0 Å². The van der Waals surface area contributed by atoms with Gasteiger partial charge in [-0.3, -0.25) is 0 Å². The summed E-state index contributed by atoms with van der Waals surface area (Å²) in [6.45, 7) is 0. The van der Waals surface area contributed by atoms with Crippen molar-refractivity contribution in [1.82, 2.24) is 20.4 Å². The normalized spacial score (nSPS) is 10.5. The zero-order valence-electron chi connectivity index (χ0n) is 8.33. The molecule has 1 radical (unpaired) electrons. The van der Waals surface area contributed by atoms with Gasteiger partial charge in [-0.2, -0.15) is 10.2 Å². The molecular weight excluding hydrogens is 200 g/mol. The van der Waals surface area contributed by atoms with E-state index in [9.17, 15) is 0 Å². The molecule has 0 aliphatic carbocycles. The molecule has 0 N–H and O–H groups in total. The molecule has 0 unspecified atom stereocenters. The molecule has 16 heavy (non-hydrogen) atoms. The van der Waals surface area contributed by atoms with Gasteiger partial charge in [-0.1, -0.05) is 24.3 Å². The Labute approximate surface area is 92.0 Å².